The van der Waals surface area contributed by atoms with Gasteiger partial charge in [0.2, 0.25) is 0 Å². The third-order valence-corrected chi connectivity index (χ3v) is 2.13. The SMILES string of the molecule is Cc1ncsc1CC(=N)N. The molecule has 0 aliphatic heterocycles. The molecule has 0 aromatic carbocycles. The summed E-state index contributed by atoms with van der Waals surface area (Å²) in [5.74, 6) is 0.201. The number of aromatic nitrogens is 1. The van der Waals surface area contributed by atoms with E-state index in [-0.39, 0.29) is 5.84 Å². The van der Waals surface area contributed by atoms with E-state index in [9.17, 15) is 0 Å². The summed E-state index contributed by atoms with van der Waals surface area (Å²) in [4.78, 5) is 5.13. The second-order valence-corrected chi connectivity index (χ2v) is 3.00. The molecule has 0 bridgehead atoms. The summed E-state index contributed by atoms with van der Waals surface area (Å²) in [6.07, 6.45) is 0.538. The van der Waals surface area contributed by atoms with Crippen LogP contribution in [0, 0.1) is 12.3 Å². The highest BCUT2D eigenvalue weighted by Gasteiger charge is 2.01. The van der Waals surface area contributed by atoms with Crippen molar-refractivity contribution in [1.29, 1.82) is 5.41 Å². The molecule has 0 amide bonds. The Morgan fingerprint density at radius 3 is 3.00 bits per heavy atom. The lowest BCUT2D eigenvalue weighted by Crippen LogP contribution is -2.12. The maximum Gasteiger partial charge on any atom is 0.0959 e. The van der Waals surface area contributed by atoms with Crippen LogP contribution in [-0.4, -0.2) is 10.8 Å². The predicted octanol–water partition coefficient (Wildman–Crippen LogP) is 0.930. The van der Waals surface area contributed by atoms with Gasteiger partial charge in [0.15, 0.2) is 0 Å². The van der Waals surface area contributed by atoms with Crippen LogP contribution >= 0.6 is 11.3 Å². The minimum absolute atomic E-state index is 0.201. The third-order valence-electron chi connectivity index (χ3n) is 1.20. The molecule has 1 aromatic rings. The normalized spacial score (nSPS) is 9.70. The Kier molecular flexibility index (Phi) is 2.01. The maximum atomic E-state index is 7.02. The van der Waals surface area contributed by atoms with Gasteiger partial charge in [0.25, 0.3) is 0 Å². The lowest BCUT2D eigenvalue weighted by molar-refractivity contribution is 1.18. The quantitative estimate of drug-likeness (QED) is 0.493. The standard InChI is InChI=1S/C6H9N3S/c1-4-5(2-6(7)8)10-3-9-4/h3H,2H2,1H3,(H3,7,8). The lowest BCUT2D eigenvalue weighted by atomic mass is 10.3. The largest absolute Gasteiger partial charge is 0.387 e. The fourth-order valence-corrected chi connectivity index (χ4v) is 1.47. The lowest BCUT2D eigenvalue weighted by Gasteiger charge is -1.93. The van der Waals surface area contributed by atoms with Crippen molar-refractivity contribution >= 4 is 17.2 Å². The summed E-state index contributed by atoms with van der Waals surface area (Å²) < 4.78 is 0. The molecule has 10 heavy (non-hydrogen) atoms. The van der Waals surface area contributed by atoms with Gasteiger partial charge in [-0.05, 0) is 6.92 Å². The van der Waals surface area contributed by atoms with E-state index in [1.807, 2.05) is 6.92 Å². The summed E-state index contributed by atoms with van der Waals surface area (Å²) in [7, 11) is 0. The Bertz CT molecular complexity index is 241. The van der Waals surface area contributed by atoms with Crippen molar-refractivity contribution in [1.82, 2.24) is 4.98 Å². The molecule has 0 atom stereocenters. The van der Waals surface area contributed by atoms with Crippen LogP contribution in [0.4, 0.5) is 0 Å². The van der Waals surface area contributed by atoms with Crippen LogP contribution in [-0.2, 0) is 6.42 Å². The van der Waals surface area contributed by atoms with Crippen molar-refractivity contribution in [3.63, 3.8) is 0 Å². The van der Waals surface area contributed by atoms with Crippen LogP contribution in [0.2, 0.25) is 0 Å². The van der Waals surface area contributed by atoms with E-state index in [2.05, 4.69) is 4.98 Å². The van der Waals surface area contributed by atoms with Crippen molar-refractivity contribution in [2.45, 2.75) is 13.3 Å². The maximum absolute atomic E-state index is 7.02. The third kappa shape index (κ3) is 1.54. The second kappa shape index (κ2) is 2.79. The molecule has 54 valence electrons. The highest BCUT2D eigenvalue weighted by molar-refractivity contribution is 7.09. The van der Waals surface area contributed by atoms with E-state index in [0.29, 0.717) is 6.42 Å². The van der Waals surface area contributed by atoms with Gasteiger partial charge in [0.05, 0.1) is 17.0 Å². The monoisotopic (exact) mass is 155 g/mol. The summed E-state index contributed by atoms with van der Waals surface area (Å²) in [5, 5.41) is 7.02. The predicted molar refractivity (Wildman–Crippen MR) is 42.5 cm³/mol. The molecule has 0 fully saturated rings. The Morgan fingerprint density at radius 1 is 1.90 bits per heavy atom. The minimum atomic E-state index is 0.201. The number of rotatable bonds is 2. The van der Waals surface area contributed by atoms with E-state index < -0.39 is 0 Å². The first kappa shape index (κ1) is 7.21. The van der Waals surface area contributed by atoms with Gasteiger partial charge in [-0.25, -0.2) is 4.98 Å². The van der Waals surface area contributed by atoms with Crippen molar-refractivity contribution in [2.24, 2.45) is 5.73 Å². The molecular weight excluding hydrogens is 146 g/mol. The molecule has 0 aliphatic rings. The zero-order chi connectivity index (χ0) is 7.56. The van der Waals surface area contributed by atoms with E-state index in [1.165, 1.54) is 0 Å². The molecule has 0 saturated heterocycles. The molecule has 0 saturated carbocycles. The summed E-state index contributed by atoms with van der Waals surface area (Å²) >= 11 is 1.55. The smallest absolute Gasteiger partial charge is 0.0959 e. The molecule has 1 aromatic heterocycles. The summed E-state index contributed by atoms with van der Waals surface area (Å²) in [5.41, 5.74) is 7.97. The number of nitrogens with zero attached hydrogens (tertiary/aromatic N) is 1. The van der Waals surface area contributed by atoms with Crippen molar-refractivity contribution in [2.75, 3.05) is 0 Å². The molecule has 0 spiro atoms. The fourth-order valence-electron chi connectivity index (χ4n) is 0.669. The van der Waals surface area contributed by atoms with Crippen LogP contribution in [0.5, 0.6) is 0 Å². The number of aryl methyl sites for hydroxylation is 1. The first-order valence-corrected chi connectivity index (χ1v) is 3.80. The van der Waals surface area contributed by atoms with E-state index >= 15 is 0 Å². The molecule has 3 nitrogen and oxygen atoms in total. The molecule has 4 heteroatoms. The number of hydrogen-bond donors (Lipinski definition) is 2. The number of nitrogens with one attached hydrogen (secondary N) is 1. The summed E-state index contributed by atoms with van der Waals surface area (Å²) in [6.45, 7) is 1.93. The highest BCUT2D eigenvalue weighted by Crippen LogP contribution is 2.11. The number of hydrogen-bond acceptors (Lipinski definition) is 3. The van der Waals surface area contributed by atoms with Crippen LogP contribution in [0.25, 0.3) is 0 Å². The summed E-state index contributed by atoms with van der Waals surface area (Å²) in [6, 6.07) is 0. The van der Waals surface area contributed by atoms with E-state index in [4.69, 9.17) is 11.1 Å². The number of amidine groups is 1. The Labute approximate surface area is 63.4 Å². The molecule has 3 N–H and O–H groups in total. The average Bonchev–Trinajstić information content (AvgIpc) is 2.15. The molecular formula is C6H9N3S. The molecule has 1 rings (SSSR count). The van der Waals surface area contributed by atoms with Crippen molar-refractivity contribution in [3.8, 4) is 0 Å². The van der Waals surface area contributed by atoms with Gasteiger partial charge < -0.3 is 5.73 Å². The Balaban J connectivity index is 2.74. The molecule has 0 aliphatic carbocycles. The minimum Gasteiger partial charge on any atom is -0.387 e. The number of thiazole rings is 1. The van der Waals surface area contributed by atoms with E-state index in [0.717, 1.165) is 10.6 Å². The second-order valence-electron chi connectivity index (χ2n) is 2.06. The Hall–Kier alpha value is -0.900. The fraction of sp³-hybridized carbons (Fsp3) is 0.333. The van der Waals surface area contributed by atoms with Gasteiger partial charge in [0.1, 0.15) is 0 Å². The molecule has 0 radical (unpaired) electrons. The van der Waals surface area contributed by atoms with Gasteiger partial charge in [-0.3, -0.25) is 5.41 Å². The van der Waals surface area contributed by atoms with Gasteiger partial charge in [-0.1, -0.05) is 0 Å². The van der Waals surface area contributed by atoms with Crippen LogP contribution in [0.3, 0.4) is 0 Å². The van der Waals surface area contributed by atoms with Gasteiger partial charge >= 0.3 is 0 Å². The van der Waals surface area contributed by atoms with Gasteiger partial charge in [0, 0.05) is 11.3 Å². The van der Waals surface area contributed by atoms with Crippen LogP contribution < -0.4 is 5.73 Å². The first-order chi connectivity index (χ1) is 4.70. The molecule has 1 heterocycles. The average molecular weight is 155 g/mol. The van der Waals surface area contributed by atoms with Crippen molar-refractivity contribution in [3.05, 3.63) is 16.1 Å². The Morgan fingerprint density at radius 2 is 2.60 bits per heavy atom. The van der Waals surface area contributed by atoms with E-state index in [1.54, 1.807) is 16.8 Å². The highest BCUT2D eigenvalue weighted by atomic mass is 32.1. The van der Waals surface area contributed by atoms with Gasteiger partial charge in [-0.15, -0.1) is 11.3 Å². The zero-order valence-electron chi connectivity index (χ0n) is 5.72. The first-order valence-electron chi connectivity index (χ1n) is 2.92. The zero-order valence-corrected chi connectivity index (χ0v) is 6.53. The van der Waals surface area contributed by atoms with Crippen molar-refractivity contribution < 1.29 is 0 Å². The number of nitrogens with two attached hydrogens (primary N) is 1. The van der Waals surface area contributed by atoms with Crippen LogP contribution in [0.15, 0.2) is 5.51 Å². The molecule has 0 unspecified atom stereocenters. The topological polar surface area (TPSA) is 62.8 Å². The van der Waals surface area contributed by atoms with Crippen LogP contribution in [0.1, 0.15) is 10.6 Å². The van der Waals surface area contributed by atoms with Gasteiger partial charge in [-0.2, -0.15) is 0 Å².